The summed E-state index contributed by atoms with van der Waals surface area (Å²) in [5.74, 6) is 0.695. The number of nitrogens with zero attached hydrogens (tertiary/aromatic N) is 5. The van der Waals surface area contributed by atoms with Crippen LogP contribution in [0.3, 0.4) is 0 Å². The lowest BCUT2D eigenvalue weighted by Crippen LogP contribution is -2.32. The van der Waals surface area contributed by atoms with Gasteiger partial charge < -0.3 is 9.47 Å². The minimum atomic E-state index is -4.77. The predicted octanol–water partition coefficient (Wildman–Crippen LogP) is 6.24. The first-order valence-corrected chi connectivity index (χ1v) is 14.5. The fourth-order valence-electron chi connectivity index (χ4n) is 4.38. The molecule has 11 nitrogen and oxygen atoms in total. The number of urea groups is 1. The standard InChI is InChI=1S/C30H27F3N6O5S/c1-18(2)24-13-12-23(42-3)14-25(24)39-26(40)16-45-29(39)35-28(41)37-43-15-19-4-6-20(7-5-19)27-34-17-38(36-27)21-8-10-22(11-9-21)44-30(31,32)33/h4-14,17-18H,15-16H2,1-3H3,(H,37,41). The number of thioether (sulfide) groups is 1. The van der Waals surface area contributed by atoms with Crippen LogP contribution in [0.5, 0.6) is 11.5 Å². The highest BCUT2D eigenvalue weighted by molar-refractivity contribution is 8.15. The van der Waals surface area contributed by atoms with Gasteiger partial charge in [-0.05, 0) is 47.4 Å². The molecule has 1 fully saturated rings. The quantitative estimate of drug-likeness (QED) is 0.214. The molecule has 1 aromatic heterocycles. The van der Waals surface area contributed by atoms with Crippen molar-refractivity contribution in [3.8, 4) is 28.6 Å². The Morgan fingerprint density at radius 3 is 2.44 bits per heavy atom. The van der Waals surface area contributed by atoms with Crippen molar-refractivity contribution < 1.29 is 37.1 Å². The molecular weight excluding hydrogens is 613 g/mol. The van der Waals surface area contributed by atoms with Gasteiger partial charge >= 0.3 is 12.4 Å². The van der Waals surface area contributed by atoms with Gasteiger partial charge in [-0.1, -0.05) is 55.9 Å². The van der Waals surface area contributed by atoms with Crippen LogP contribution in [0.1, 0.15) is 30.9 Å². The molecule has 1 aliphatic heterocycles. The predicted molar refractivity (Wildman–Crippen MR) is 161 cm³/mol. The summed E-state index contributed by atoms with van der Waals surface area (Å²) in [5, 5.41) is 4.61. The van der Waals surface area contributed by atoms with Crippen LogP contribution in [-0.2, 0) is 16.2 Å². The largest absolute Gasteiger partial charge is 0.573 e. The summed E-state index contributed by atoms with van der Waals surface area (Å²) in [5.41, 5.74) is 5.73. The fourth-order valence-corrected chi connectivity index (χ4v) is 5.23. The van der Waals surface area contributed by atoms with E-state index in [4.69, 9.17) is 9.57 Å². The summed E-state index contributed by atoms with van der Waals surface area (Å²) < 4.78 is 47.8. The van der Waals surface area contributed by atoms with Crippen LogP contribution >= 0.6 is 11.8 Å². The number of amidine groups is 1. The van der Waals surface area contributed by atoms with E-state index in [-0.39, 0.29) is 35.1 Å². The van der Waals surface area contributed by atoms with Crippen molar-refractivity contribution in [3.63, 3.8) is 0 Å². The summed E-state index contributed by atoms with van der Waals surface area (Å²) in [4.78, 5) is 40.5. The second-order valence-corrected chi connectivity index (χ2v) is 10.9. The first-order chi connectivity index (χ1) is 21.5. The van der Waals surface area contributed by atoms with Crippen molar-refractivity contribution in [3.05, 3.63) is 84.2 Å². The number of amides is 3. The normalized spacial score (nSPS) is 14.3. The smallest absolute Gasteiger partial charge is 0.497 e. The van der Waals surface area contributed by atoms with Crippen molar-refractivity contribution in [2.75, 3.05) is 17.8 Å². The third kappa shape index (κ3) is 7.80. The molecular formula is C30H27F3N6O5S. The summed E-state index contributed by atoms with van der Waals surface area (Å²) in [6.45, 7) is 4.05. The molecule has 15 heteroatoms. The van der Waals surface area contributed by atoms with Gasteiger partial charge in [-0.15, -0.1) is 18.3 Å². The fraction of sp³-hybridized carbons (Fsp3) is 0.233. The van der Waals surface area contributed by atoms with E-state index in [0.29, 0.717) is 28.5 Å². The Hall–Kier alpha value is -4.89. The molecule has 3 amide bonds. The van der Waals surface area contributed by atoms with Crippen molar-refractivity contribution >= 4 is 34.6 Å². The third-order valence-corrected chi connectivity index (χ3v) is 7.42. The van der Waals surface area contributed by atoms with Crippen molar-refractivity contribution in [1.82, 2.24) is 20.2 Å². The van der Waals surface area contributed by atoms with Gasteiger partial charge in [-0.2, -0.15) is 4.99 Å². The molecule has 1 aliphatic rings. The van der Waals surface area contributed by atoms with E-state index in [2.05, 4.69) is 25.3 Å². The van der Waals surface area contributed by atoms with Crippen LogP contribution < -0.4 is 19.9 Å². The molecule has 4 aromatic rings. The number of aliphatic imine (C=N–C) groups is 1. The van der Waals surface area contributed by atoms with E-state index in [1.807, 2.05) is 26.0 Å². The van der Waals surface area contributed by atoms with Gasteiger partial charge in [0.2, 0.25) is 5.91 Å². The summed E-state index contributed by atoms with van der Waals surface area (Å²) >= 11 is 1.16. The number of nitrogens with one attached hydrogen (secondary N) is 1. The average Bonchev–Trinajstić information content (AvgIpc) is 3.64. The SMILES string of the molecule is COc1ccc(C(C)C)c(N2C(=O)CSC2=NC(=O)NOCc2ccc(-c3ncn(-c4ccc(OC(F)(F)F)cc4)n3)cc2)c1. The number of alkyl halides is 3. The van der Waals surface area contributed by atoms with E-state index < -0.39 is 12.4 Å². The van der Waals surface area contributed by atoms with E-state index in [0.717, 1.165) is 22.9 Å². The first-order valence-electron chi connectivity index (χ1n) is 13.5. The van der Waals surface area contributed by atoms with Crippen LogP contribution in [0, 0.1) is 0 Å². The highest BCUT2D eigenvalue weighted by Crippen LogP contribution is 2.36. The highest BCUT2D eigenvalue weighted by Gasteiger charge is 2.33. The highest BCUT2D eigenvalue weighted by atomic mass is 32.2. The topological polar surface area (TPSA) is 120 Å². The van der Waals surface area contributed by atoms with Gasteiger partial charge in [-0.3, -0.25) is 14.5 Å². The summed E-state index contributed by atoms with van der Waals surface area (Å²) in [6, 6.07) is 17.0. The summed E-state index contributed by atoms with van der Waals surface area (Å²) in [6.07, 6.45) is -3.33. The zero-order valence-corrected chi connectivity index (χ0v) is 25.1. The average molecular weight is 641 g/mol. The maximum atomic E-state index is 12.8. The van der Waals surface area contributed by atoms with Gasteiger partial charge in [0.1, 0.15) is 17.8 Å². The van der Waals surface area contributed by atoms with Gasteiger partial charge in [-0.25, -0.2) is 19.9 Å². The second kappa shape index (κ2) is 13.4. The minimum Gasteiger partial charge on any atom is -0.497 e. The number of hydrogen-bond acceptors (Lipinski definition) is 8. The van der Waals surface area contributed by atoms with E-state index in [1.165, 1.54) is 40.2 Å². The van der Waals surface area contributed by atoms with Gasteiger partial charge in [0.15, 0.2) is 11.0 Å². The zero-order chi connectivity index (χ0) is 32.1. The van der Waals surface area contributed by atoms with Crippen LogP contribution in [-0.4, -0.2) is 51.1 Å². The maximum Gasteiger partial charge on any atom is 0.573 e. The number of ether oxygens (including phenoxy) is 2. The molecule has 0 bridgehead atoms. The van der Waals surface area contributed by atoms with E-state index in [1.54, 1.807) is 37.4 Å². The molecule has 234 valence electrons. The molecule has 45 heavy (non-hydrogen) atoms. The lowest BCUT2D eigenvalue weighted by atomic mass is 10.00. The van der Waals surface area contributed by atoms with Crippen LogP contribution in [0.2, 0.25) is 0 Å². The number of aromatic nitrogens is 3. The molecule has 0 spiro atoms. The number of hydrogen-bond donors (Lipinski definition) is 1. The zero-order valence-electron chi connectivity index (χ0n) is 24.2. The van der Waals surface area contributed by atoms with E-state index >= 15 is 0 Å². The Bertz CT molecular complexity index is 1710. The second-order valence-electron chi connectivity index (χ2n) is 9.94. The molecule has 0 radical (unpaired) electrons. The number of methoxy groups -OCH3 is 1. The molecule has 1 N–H and O–H groups in total. The lowest BCUT2D eigenvalue weighted by molar-refractivity contribution is -0.274. The number of carbonyl (C=O) groups excluding carboxylic acids is 2. The maximum absolute atomic E-state index is 12.8. The lowest BCUT2D eigenvalue weighted by Gasteiger charge is -2.22. The molecule has 2 heterocycles. The molecule has 3 aromatic carbocycles. The Labute approximate surface area is 260 Å². The Balaban J connectivity index is 1.18. The van der Waals surface area contributed by atoms with Crippen LogP contribution in [0.4, 0.5) is 23.7 Å². The molecule has 5 rings (SSSR count). The number of benzene rings is 3. The number of rotatable bonds is 9. The van der Waals surface area contributed by atoms with Crippen molar-refractivity contribution in [2.45, 2.75) is 32.7 Å². The van der Waals surface area contributed by atoms with E-state index in [9.17, 15) is 22.8 Å². The molecule has 1 saturated heterocycles. The Morgan fingerprint density at radius 2 is 1.78 bits per heavy atom. The van der Waals surface area contributed by atoms with Gasteiger partial charge in [0, 0.05) is 11.6 Å². The molecule has 0 atom stereocenters. The van der Waals surface area contributed by atoms with Crippen molar-refractivity contribution in [1.29, 1.82) is 0 Å². The summed E-state index contributed by atoms with van der Waals surface area (Å²) in [7, 11) is 1.54. The van der Waals surface area contributed by atoms with Gasteiger partial charge in [0.25, 0.3) is 0 Å². The third-order valence-electron chi connectivity index (χ3n) is 6.50. The van der Waals surface area contributed by atoms with Crippen LogP contribution in [0.15, 0.2) is 78.0 Å². The monoisotopic (exact) mass is 640 g/mol. The minimum absolute atomic E-state index is 0.0360. The first kappa shape index (κ1) is 31.5. The van der Waals surface area contributed by atoms with Crippen molar-refractivity contribution in [2.24, 2.45) is 4.99 Å². The Morgan fingerprint density at radius 1 is 1.07 bits per heavy atom. The van der Waals surface area contributed by atoms with Crippen LogP contribution in [0.25, 0.3) is 17.1 Å². The number of halogens is 3. The molecule has 0 aliphatic carbocycles. The molecule has 0 unspecified atom stereocenters. The number of hydroxylamine groups is 1. The molecule has 0 saturated carbocycles. The number of anilines is 1. The van der Waals surface area contributed by atoms with Gasteiger partial charge in [0.05, 0.1) is 30.8 Å². The Kier molecular flexibility index (Phi) is 9.39. The number of carbonyl (C=O) groups is 2.